The Morgan fingerprint density at radius 2 is 1.70 bits per heavy atom. The van der Waals surface area contributed by atoms with Crippen molar-refractivity contribution in [1.29, 1.82) is 0 Å². The van der Waals surface area contributed by atoms with Gasteiger partial charge in [-0.2, -0.15) is 0 Å². The van der Waals surface area contributed by atoms with Crippen LogP contribution in [0.4, 0.5) is 5.69 Å². The maximum Gasteiger partial charge on any atom is 0.326 e. The van der Waals surface area contributed by atoms with E-state index in [2.05, 4.69) is 5.32 Å². The van der Waals surface area contributed by atoms with Crippen LogP contribution in [0.1, 0.15) is 22.8 Å². The smallest absolute Gasteiger partial charge is 0.326 e. The number of para-hydroxylation sites is 1. The lowest BCUT2D eigenvalue weighted by Crippen LogP contribution is -2.40. The number of amides is 2. The van der Waals surface area contributed by atoms with Crippen LogP contribution in [0.15, 0.2) is 54.6 Å². The van der Waals surface area contributed by atoms with Gasteiger partial charge in [-0.05, 0) is 24.6 Å². The summed E-state index contributed by atoms with van der Waals surface area (Å²) >= 11 is 0. The maximum atomic E-state index is 12.1. The largest absolute Gasteiger partial charge is 0.451 e. The van der Waals surface area contributed by atoms with Crippen molar-refractivity contribution < 1.29 is 23.9 Å². The molecule has 1 atom stereocenters. The van der Waals surface area contributed by atoms with E-state index in [0.717, 1.165) is 10.5 Å². The fraction of sp³-hybridized carbons (Fsp3) is 0.200. The van der Waals surface area contributed by atoms with Crippen molar-refractivity contribution in [3.63, 3.8) is 0 Å². The highest BCUT2D eigenvalue weighted by Crippen LogP contribution is 2.28. The van der Waals surface area contributed by atoms with Crippen LogP contribution in [-0.2, 0) is 25.7 Å². The van der Waals surface area contributed by atoms with Crippen molar-refractivity contribution in [2.75, 3.05) is 11.4 Å². The molecular weight excluding hydrogens is 348 g/mol. The Morgan fingerprint density at radius 1 is 1.04 bits per heavy atom. The summed E-state index contributed by atoms with van der Waals surface area (Å²) in [6.45, 7) is 1.33. The Balaban J connectivity index is 1.55. The molecule has 0 spiro atoms. The highest BCUT2D eigenvalue weighted by Gasteiger charge is 2.37. The Hall–Kier alpha value is -3.48. The van der Waals surface area contributed by atoms with E-state index < -0.39 is 36.2 Å². The Labute approximate surface area is 155 Å². The lowest BCUT2D eigenvalue weighted by molar-refractivity contribution is -0.153. The molecule has 138 valence electrons. The van der Waals surface area contributed by atoms with Gasteiger partial charge in [-0.25, -0.2) is 0 Å². The van der Waals surface area contributed by atoms with Crippen molar-refractivity contribution in [2.24, 2.45) is 0 Å². The summed E-state index contributed by atoms with van der Waals surface area (Å²) in [5.74, 6) is -2.66. The summed E-state index contributed by atoms with van der Waals surface area (Å²) in [6, 6.07) is 15.7. The molecule has 0 radical (unpaired) electrons. The molecule has 0 aromatic heterocycles. The monoisotopic (exact) mass is 366 g/mol. The molecule has 1 N–H and O–H groups in total. The first-order valence-electron chi connectivity index (χ1n) is 8.43. The summed E-state index contributed by atoms with van der Waals surface area (Å²) < 4.78 is 5.10. The molecule has 2 aromatic carbocycles. The van der Waals surface area contributed by atoms with Gasteiger partial charge in [0.1, 0.15) is 6.54 Å². The van der Waals surface area contributed by atoms with Gasteiger partial charge < -0.3 is 10.1 Å². The summed E-state index contributed by atoms with van der Waals surface area (Å²) in [7, 11) is 0. The minimum Gasteiger partial charge on any atom is -0.451 e. The minimum absolute atomic E-state index is 0.254. The number of carbonyl (C=O) groups is 4. The van der Waals surface area contributed by atoms with Crippen molar-refractivity contribution in [2.45, 2.75) is 19.6 Å². The fourth-order valence-corrected chi connectivity index (χ4v) is 2.75. The molecule has 3 rings (SSSR count). The van der Waals surface area contributed by atoms with Crippen LogP contribution in [-0.4, -0.2) is 36.2 Å². The Bertz CT molecular complexity index is 894. The molecule has 0 saturated heterocycles. The molecule has 27 heavy (non-hydrogen) atoms. The van der Waals surface area contributed by atoms with Gasteiger partial charge in [0.05, 0.1) is 11.3 Å². The molecule has 0 unspecified atom stereocenters. The number of nitrogens with one attached hydrogen (secondary N) is 1. The van der Waals surface area contributed by atoms with Crippen molar-refractivity contribution >= 4 is 29.3 Å². The average molecular weight is 366 g/mol. The highest BCUT2D eigenvalue weighted by molar-refractivity contribution is 6.52. The fourth-order valence-electron chi connectivity index (χ4n) is 2.75. The van der Waals surface area contributed by atoms with Crippen molar-refractivity contribution in [3.05, 3.63) is 65.7 Å². The number of ketones is 1. The molecule has 7 heteroatoms. The van der Waals surface area contributed by atoms with E-state index in [-0.39, 0.29) is 5.56 Å². The second kappa shape index (κ2) is 7.82. The average Bonchev–Trinajstić information content (AvgIpc) is 2.92. The zero-order valence-corrected chi connectivity index (χ0v) is 14.7. The summed E-state index contributed by atoms with van der Waals surface area (Å²) in [5, 5.41) is 2.68. The molecule has 2 amide bonds. The van der Waals surface area contributed by atoms with Crippen LogP contribution in [0.3, 0.4) is 0 Å². The predicted molar refractivity (Wildman–Crippen MR) is 97.0 cm³/mol. The number of anilines is 1. The van der Waals surface area contributed by atoms with E-state index in [9.17, 15) is 19.2 Å². The van der Waals surface area contributed by atoms with Crippen LogP contribution in [0, 0.1) is 0 Å². The van der Waals surface area contributed by atoms with Crippen LogP contribution < -0.4 is 10.2 Å². The van der Waals surface area contributed by atoms with E-state index in [0.29, 0.717) is 12.2 Å². The number of benzene rings is 2. The van der Waals surface area contributed by atoms with Gasteiger partial charge in [-0.3, -0.25) is 24.1 Å². The predicted octanol–water partition coefficient (Wildman–Crippen LogP) is 1.46. The third-order valence-corrected chi connectivity index (χ3v) is 4.15. The van der Waals surface area contributed by atoms with Crippen molar-refractivity contribution in [3.8, 4) is 0 Å². The third kappa shape index (κ3) is 4.03. The van der Waals surface area contributed by atoms with Gasteiger partial charge in [0, 0.05) is 6.54 Å². The summed E-state index contributed by atoms with van der Waals surface area (Å²) in [4.78, 5) is 49.3. The van der Waals surface area contributed by atoms with Gasteiger partial charge in [-0.15, -0.1) is 0 Å². The number of esters is 1. The number of ether oxygens (including phenoxy) is 1. The topological polar surface area (TPSA) is 92.8 Å². The van der Waals surface area contributed by atoms with E-state index in [1.165, 1.54) is 13.0 Å². The molecule has 1 aliphatic rings. The lowest BCUT2D eigenvalue weighted by atomic mass is 10.1. The maximum absolute atomic E-state index is 12.1. The number of hydrogen-bond donors (Lipinski definition) is 1. The van der Waals surface area contributed by atoms with E-state index in [1.807, 2.05) is 30.3 Å². The molecule has 0 fully saturated rings. The van der Waals surface area contributed by atoms with E-state index in [1.54, 1.807) is 18.2 Å². The lowest BCUT2D eigenvalue weighted by Gasteiger charge is -2.18. The molecule has 1 aliphatic heterocycles. The molecular formula is C20H18N2O5. The number of Topliss-reactive ketones (excluding diaryl/α,β-unsaturated/α-hetero) is 1. The first-order chi connectivity index (χ1) is 13.0. The first kappa shape index (κ1) is 18.3. The number of carbonyl (C=O) groups excluding carboxylic acids is 4. The Morgan fingerprint density at radius 3 is 2.44 bits per heavy atom. The second-order valence-corrected chi connectivity index (χ2v) is 6.07. The number of rotatable bonds is 6. The molecule has 1 heterocycles. The molecule has 0 bridgehead atoms. The van der Waals surface area contributed by atoms with Crippen LogP contribution in [0.25, 0.3) is 0 Å². The number of nitrogens with zero attached hydrogens (tertiary/aromatic N) is 1. The first-order valence-corrected chi connectivity index (χ1v) is 8.43. The van der Waals surface area contributed by atoms with Crippen LogP contribution in [0.5, 0.6) is 0 Å². The SMILES string of the molecule is C[C@@H](OC(=O)CN1C(=O)C(=O)c2ccccc21)C(=O)NCc1ccccc1. The van der Waals surface area contributed by atoms with Crippen LogP contribution in [0.2, 0.25) is 0 Å². The third-order valence-electron chi connectivity index (χ3n) is 4.15. The van der Waals surface area contributed by atoms with Gasteiger partial charge >= 0.3 is 5.97 Å². The van der Waals surface area contributed by atoms with Gasteiger partial charge in [-0.1, -0.05) is 42.5 Å². The number of fused-ring (bicyclic) bond motifs is 1. The molecule has 0 saturated carbocycles. The van der Waals surface area contributed by atoms with E-state index >= 15 is 0 Å². The summed E-state index contributed by atoms with van der Waals surface area (Å²) in [6.07, 6.45) is -1.02. The molecule has 2 aromatic rings. The minimum atomic E-state index is -1.02. The zero-order valence-electron chi connectivity index (χ0n) is 14.7. The zero-order chi connectivity index (χ0) is 19.4. The molecule has 7 nitrogen and oxygen atoms in total. The van der Waals surface area contributed by atoms with Gasteiger partial charge in [0.2, 0.25) is 0 Å². The second-order valence-electron chi connectivity index (χ2n) is 6.07. The highest BCUT2D eigenvalue weighted by atomic mass is 16.5. The molecule has 0 aliphatic carbocycles. The Kier molecular flexibility index (Phi) is 5.30. The van der Waals surface area contributed by atoms with Gasteiger partial charge in [0.25, 0.3) is 17.6 Å². The summed E-state index contributed by atoms with van der Waals surface area (Å²) in [5.41, 5.74) is 1.54. The standard InChI is InChI=1S/C20H18N2O5/c1-13(19(25)21-11-14-7-3-2-4-8-14)27-17(23)12-22-16-10-6-5-9-15(16)18(24)20(22)26/h2-10,13H,11-12H2,1H3,(H,21,25)/t13-/m1/s1. The van der Waals surface area contributed by atoms with Crippen molar-refractivity contribution in [1.82, 2.24) is 5.32 Å². The normalized spacial score (nSPS) is 13.9. The van der Waals surface area contributed by atoms with E-state index in [4.69, 9.17) is 4.74 Å². The van der Waals surface area contributed by atoms with Gasteiger partial charge in [0.15, 0.2) is 6.10 Å². The van der Waals surface area contributed by atoms with Crippen LogP contribution >= 0.6 is 0 Å². The quantitative estimate of drug-likeness (QED) is 0.617. The number of hydrogen-bond acceptors (Lipinski definition) is 5.